The lowest BCUT2D eigenvalue weighted by Gasteiger charge is -2.32. The molecule has 1 atom stereocenters. The summed E-state index contributed by atoms with van der Waals surface area (Å²) in [7, 11) is 0. The number of carbonyl (C=O) groups is 1. The van der Waals surface area contributed by atoms with Crippen LogP contribution in [0.15, 0.2) is 39.7 Å². The molecular weight excluding hydrogens is 372 g/mol. The summed E-state index contributed by atoms with van der Waals surface area (Å²) in [5.74, 6) is 0.637. The zero-order valence-electron chi connectivity index (χ0n) is 16.7. The topological polar surface area (TPSA) is 93.5 Å². The highest BCUT2D eigenvalue weighted by atomic mass is 16.4. The fourth-order valence-electron chi connectivity index (χ4n) is 4.21. The molecule has 4 rings (SSSR count). The van der Waals surface area contributed by atoms with Crippen LogP contribution in [0.1, 0.15) is 43.2 Å². The first kappa shape index (κ1) is 19.4. The van der Waals surface area contributed by atoms with Gasteiger partial charge in [0.2, 0.25) is 5.91 Å². The van der Waals surface area contributed by atoms with Crippen molar-refractivity contribution < 1.29 is 14.3 Å². The van der Waals surface area contributed by atoms with Gasteiger partial charge in [0, 0.05) is 30.9 Å². The van der Waals surface area contributed by atoms with Crippen LogP contribution in [-0.2, 0) is 11.3 Å². The molecule has 1 aliphatic heterocycles. The fourth-order valence-corrected chi connectivity index (χ4v) is 4.21. The number of likely N-dealkylation sites (tertiary alicyclic amines) is 1. The van der Waals surface area contributed by atoms with Crippen LogP contribution >= 0.6 is 0 Å². The molecule has 3 heterocycles. The minimum absolute atomic E-state index is 0.0181. The molecule has 1 N–H and O–H groups in total. The SMILES string of the molecule is Cc1cnc(C2CCN(C(=O)Cn3c(=O)oc4ccccc43)CC2)n1[C@H](C)CO. The van der Waals surface area contributed by atoms with Crippen molar-refractivity contribution in [3.05, 3.63) is 52.5 Å². The number of carbonyl (C=O) groups excluding carboxylic acids is 1. The van der Waals surface area contributed by atoms with Crippen LogP contribution in [0.25, 0.3) is 11.1 Å². The Balaban J connectivity index is 1.44. The number of aromatic nitrogens is 3. The Morgan fingerprint density at radius 1 is 1.31 bits per heavy atom. The number of fused-ring (bicyclic) bond motifs is 1. The predicted molar refractivity (Wildman–Crippen MR) is 108 cm³/mol. The van der Waals surface area contributed by atoms with Gasteiger partial charge in [0.15, 0.2) is 5.58 Å². The first-order valence-corrected chi connectivity index (χ1v) is 10.00. The van der Waals surface area contributed by atoms with Gasteiger partial charge < -0.3 is 19.0 Å². The molecule has 0 bridgehead atoms. The Morgan fingerprint density at radius 2 is 2.03 bits per heavy atom. The third-order valence-corrected chi connectivity index (χ3v) is 5.80. The smallest absolute Gasteiger partial charge is 0.408 e. The molecule has 1 aromatic carbocycles. The summed E-state index contributed by atoms with van der Waals surface area (Å²) in [4.78, 5) is 31.3. The summed E-state index contributed by atoms with van der Waals surface area (Å²) >= 11 is 0. The molecule has 1 amide bonds. The molecule has 1 aliphatic rings. The monoisotopic (exact) mass is 398 g/mol. The molecule has 0 radical (unpaired) electrons. The number of amides is 1. The van der Waals surface area contributed by atoms with Crippen molar-refractivity contribution in [1.29, 1.82) is 0 Å². The number of para-hydroxylation sites is 2. The molecule has 154 valence electrons. The van der Waals surface area contributed by atoms with Crippen molar-refractivity contribution >= 4 is 17.0 Å². The fraction of sp³-hybridized carbons (Fsp3) is 0.476. The lowest BCUT2D eigenvalue weighted by Crippen LogP contribution is -2.41. The number of rotatable bonds is 5. The first-order valence-electron chi connectivity index (χ1n) is 10.00. The van der Waals surface area contributed by atoms with E-state index in [1.54, 1.807) is 23.1 Å². The highest BCUT2D eigenvalue weighted by Gasteiger charge is 2.28. The Hall–Kier alpha value is -2.87. The number of aliphatic hydroxyl groups excluding tert-OH is 1. The van der Waals surface area contributed by atoms with E-state index in [2.05, 4.69) is 9.55 Å². The largest absolute Gasteiger partial charge is 0.420 e. The van der Waals surface area contributed by atoms with Gasteiger partial charge in [-0.2, -0.15) is 0 Å². The van der Waals surface area contributed by atoms with Gasteiger partial charge in [-0.1, -0.05) is 12.1 Å². The van der Waals surface area contributed by atoms with Crippen LogP contribution in [0.3, 0.4) is 0 Å². The molecule has 8 nitrogen and oxygen atoms in total. The molecule has 0 spiro atoms. The van der Waals surface area contributed by atoms with Gasteiger partial charge >= 0.3 is 5.76 Å². The van der Waals surface area contributed by atoms with Crippen molar-refractivity contribution in [3.8, 4) is 0 Å². The second-order valence-electron chi connectivity index (χ2n) is 7.74. The molecular formula is C21H26N4O4. The Morgan fingerprint density at radius 3 is 2.76 bits per heavy atom. The van der Waals surface area contributed by atoms with E-state index in [9.17, 15) is 14.7 Å². The van der Waals surface area contributed by atoms with Crippen LogP contribution in [0, 0.1) is 6.92 Å². The van der Waals surface area contributed by atoms with Crippen LogP contribution in [-0.4, -0.2) is 49.7 Å². The van der Waals surface area contributed by atoms with Crippen molar-refractivity contribution in [2.75, 3.05) is 19.7 Å². The number of aryl methyl sites for hydroxylation is 1. The summed E-state index contributed by atoms with van der Waals surface area (Å²) < 4.78 is 8.70. The molecule has 1 fully saturated rings. The zero-order valence-corrected chi connectivity index (χ0v) is 16.7. The standard InChI is InChI=1S/C21H26N4O4/c1-14-11-22-20(25(14)15(2)13-26)16-7-9-23(10-8-16)19(27)12-24-17-5-3-4-6-18(17)29-21(24)28/h3-6,11,15-16,26H,7-10,12-13H2,1-2H3/t15-/m1/s1. The number of aliphatic hydroxyl groups is 1. The number of hydrogen-bond acceptors (Lipinski definition) is 5. The Kier molecular flexibility index (Phi) is 5.27. The molecule has 0 aliphatic carbocycles. The molecule has 8 heteroatoms. The summed E-state index contributed by atoms with van der Waals surface area (Å²) in [5.41, 5.74) is 2.16. The van der Waals surface area contributed by atoms with Crippen molar-refractivity contribution in [3.63, 3.8) is 0 Å². The third-order valence-electron chi connectivity index (χ3n) is 5.80. The van der Waals surface area contributed by atoms with E-state index in [4.69, 9.17) is 4.42 Å². The molecule has 0 saturated carbocycles. The number of oxazole rings is 1. The van der Waals surface area contributed by atoms with Crippen molar-refractivity contribution in [2.24, 2.45) is 0 Å². The third kappa shape index (κ3) is 3.60. The van der Waals surface area contributed by atoms with Crippen LogP contribution < -0.4 is 5.76 Å². The normalized spacial score (nSPS) is 16.4. The van der Waals surface area contributed by atoms with E-state index in [1.165, 1.54) is 4.57 Å². The van der Waals surface area contributed by atoms with E-state index in [-0.39, 0.29) is 31.0 Å². The maximum atomic E-state index is 12.8. The number of piperidine rings is 1. The van der Waals surface area contributed by atoms with Gasteiger partial charge in [0.05, 0.1) is 18.2 Å². The van der Waals surface area contributed by atoms with Gasteiger partial charge in [-0.05, 0) is 38.8 Å². The molecule has 1 saturated heterocycles. The van der Waals surface area contributed by atoms with E-state index in [1.807, 2.05) is 26.1 Å². The van der Waals surface area contributed by atoms with E-state index < -0.39 is 5.76 Å². The van der Waals surface area contributed by atoms with Crippen LogP contribution in [0.5, 0.6) is 0 Å². The van der Waals surface area contributed by atoms with Crippen molar-refractivity contribution in [1.82, 2.24) is 19.0 Å². The summed E-state index contributed by atoms with van der Waals surface area (Å²) in [5, 5.41) is 9.55. The Bertz CT molecular complexity index is 1070. The average Bonchev–Trinajstić information content (AvgIpc) is 3.27. The lowest BCUT2D eigenvalue weighted by molar-refractivity contribution is -0.132. The van der Waals surface area contributed by atoms with Gasteiger partial charge in [0.25, 0.3) is 0 Å². The molecule has 3 aromatic rings. The van der Waals surface area contributed by atoms with Crippen LogP contribution in [0.4, 0.5) is 0 Å². The second kappa shape index (κ2) is 7.87. The predicted octanol–water partition coefficient (Wildman–Crippen LogP) is 2.06. The minimum atomic E-state index is -0.509. The van der Waals surface area contributed by atoms with E-state index in [0.29, 0.717) is 24.2 Å². The zero-order chi connectivity index (χ0) is 20.5. The maximum Gasteiger partial charge on any atom is 0.420 e. The van der Waals surface area contributed by atoms with E-state index >= 15 is 0 Å². The number of benzene rings is 1. The summed E-state index contributed by atoms with van der Waals surface area (Å²) in [6.45, 7) is 5.25. The Labute approximate surface area is 168 Å². The summed E-state index contributed by atoms with van der Waals surface area (Å²) in [6, 6.07) is 7.10. The average molecular weight is 398 g/mol. The number of hydrogen-bond donors (Lipinski definition) is 1. The lowest BCUT2D eigenvalue weighted by atomic mass is 9.95. The molecule has 0 unspecified atom stereocenters. The van der Waals surface area contributed by atoms with Crippen molar-refractivity contribution in [2.45, 2.75) is 45.2 Å². The quantitative estimate of drug-likeness (QED) is 0.710. The molecule has 29 heavy (non-hydrogen) atoms. The maximum absolute atomic E-state index is 12.8. The number of nitrogens with zero attached hydrogens (tertiary/aromatic N) is 4. The number of imidazole rings is 1. The van der Waals surface area contributed by atoms with Gasteiger partial charge in [-0.3, -0.25) is 9.36 Å². The highest BCUT2D eigenvalue weighted by Crippen LogP contribution is 2.30. The minimum Gasteiger partial charge on any atom is -0.408 e. The highest BCUT2D eigenvalue weighted by molar-refractivity contribution is 5.79. The van der Waals surface area contributed by atoms with Gasteiger partial charge in [0.1, 0.15) is 12.4 Å². The second-order valence-corrected chi connectivity index (χ2v) is 7.74. The van der Waals surface area contributed by atoms with E-state index in [0.717, 1.165) is 24.4 Å². The van der Waals surface area contributed by atoms with Crippen LogP contribution in [0.2, 0.25) is 0 Å². The van der Waals surface area contributed by atoms with Gasteiger partial charge in [-0.25, -0.2) is 9.78 Å². The first-order chi connectivity index (χ1) is 14.0. The molecule has 2 aromatic heterocycles. The summed E-state index contributed by atoms with van der Waals surface area (Å²) in [6.07, 6.45) is 3.46. The van der Waals surface area contributed by atoms with Gasteiger partial charge in [-0.15, -0.1) is 0 Å².